The molecule has 4 heteroatoms. The third-order valence-corrected chi connectivity index (χ3v) is 2.67. The molecular formula is C9H10O3S. The van der Waals surface area contributed by atoms with Crippen LogP contribution in [0.3, 0.4) is 0 Å². The van der Waals surface area contributed by atoms with Crippen LogP contribution in [0.4, 0.5) is 0 Å². The Hall–Kier alpha value is -0.710. The van der Waals surface area contributed by atoms with Crippen molar-refractivity contribution < 1.29 is 12.9 Å². The van der Waals surface area contributed by atoms with Gasteiger partial charge in [-0.05, 0) is 24.0 Å². The number of benzene rings is 1. The molecule has 2 unspecified atom stereocenters. The average molecular weight is 198 g/mol. The van der Waals surface area contributed by atoms with Gasteiger partial charge in [-0.15, -0.1) is 0 Å². The van der Waals surface area contributed by atoms with E-state index in [1.807, 2.05) is 24.3 Å². The Bertz CT molecular complexity index is 337. The maximum Gasteiger partial charge on any atom is 0.302 e. The molecule has 13 heavy (non-hydrogen) atoms. The lowest BCUT2D eigenvalue weighted by Crippen LogP contribution is -2.02. The molecule has 0 saturated heterocycles. The lowest BCUT2D eigenvalue weighted by atomic mass is 10.1. The third kappa shape index (κ3) is 1.80. The van der Waals surface area contributed by atoms with Gasteiger partial charge in [0.25, 0.3) is 0 Å². The summed E-state index contributed by atoms with van der Waals surface area (Å²) in [6.45, 7) is 0. The summed E-state index contributed by atoms with van der Waals surface area (Å²) >= 11 is -2.16. The van der Waals surface area contributed by atoms with E-state index in [9.17, 15) is 4.21 Å². The summed E-state index contributed by atoms with van der Waals surface area (Å²) in [5, 5.41) is 0. The van der Waals surface area contributed by atoms with Crippen molar-refractivity contribution in [3.8, 4) is 0 Å². The minimum Gasteiger partial charge on any atom is -0.284 e. The van der Waals surface area contributed by atoms with E-state index >= 15 is 0 Å². The van der Waals surface area contributed by atoms with Gasteiger partial charge in [-0.3, -0.25) is 8.74 Å². The van der Waals surface area contributed by atoms with Gasteiger partial charge in [-0.2, -0.15) is 4.21 Å². The molecule has 0 spiro atoms. The smallest absolute Gasteiger partial charge is 0.284 e. The molecule has 1 N–H and O–H groups in total. The molecule has 0 radical (unpaired) electrons. The van der Waals surface area contributed by atoms with Crippen LogP contribution in [0.5, 0.6) is 0 Å². The van der Waals surface area contributed by atoms with Crippen LogP contribution in [0, 0.1) is 0 Å². The number of hydrogen-bond acceptors (Lipinski definition) is 2. The zero-order valence-corrected chi connectivity index (χ0v) is 7.79. The number of hydrogen-bond donors (Lipinski definition) is 1. The second-order valence-corrected chi connectivity index (χ2v) is 3.67. The summed E-state index contributed by atoms with van der Waals surface area (Å²) in [6, 6.07) is 7.86. The lowest BCUT2D eigenvalue weighted by molar-refractivity contribution is 0.209. The highest BCUT2D eigenvalue weighted by molar-refractivity contribution is 7.74. The Morgan fingerprint density at radius 2 is 2.23 bits per heavy atom. The van der Waals surface area contributed by atoms with Crippen LogP contribution in [-0.2, 0) is 22.0 Å². The maximum atomic E-state index is 10.5. The summed E-state index contributed by atoms with van der Waals surface area (Å²) < 4.78 is 23.9. The maximum absolute atomic E-state index is 10.5. The summed E-state index contributed by atoms with van der Waals surface area (Å²) in [7, 11) is 0. The second-order valence-electron chi connectivity index (χ2n) is 3.04. The Morgan fingerprint density at radius 1 is 1.46 bits per heavy atom. The van der Waals surface area contributed by atoms with Crippen LogP contribution < -0.4 is 0 Å². The first kappa shape index (κ1) is 8.87. The lowest BCUT2D eigenvalue weighted by Gasteiger charge is -2.08. The number of fused-ring (bicyclic) bond motifs is 1. The van der Waals surface area contributed by atoms with Crippen molar-refractivity contribution in [1.29, 1.82) is 0 Å². The molecule has 0 heterocycles. The van der Waals surface area contributed by atoms with Crippen LogP contribution >= 0.6 is 0 Å². The predicted octanol–water partition coefficient (Wildman–Crippen LogP) is 1.83. The summed E-state index contributed by atoms with van der Waals surface area (Å²) in [6.07, 6.45) is 1.52. The molecule has 0 bridgehead atoms. The molecule has 0 aliphatic heterocycles. The van der Waals surface area contributed by atoms with Gasteiger partial charge in [0.2, 0.25) is 0 Å². The zero-order valence-electron chi connectivity index (χ0n) is 6.97. The monoisotopic (exact) mass is 198 g/mol. The highest BCUT2D eigenvalue weighted by Gasteiger charge is 2.24. The molecule has 0 amide bonds. The van der Waals surface area contributed by atoms with E-state index in [2.05, 4.69) is 0 Å². The second kappa shape index (κ2) is 3.57. The van der Waals surface area contributed by atoms with Crippen molar-refractivity contribution >= 4 is 11.4 Å². The fraction of sp³-hybridized carbons (Fsp3) is 0.333. The summed E-state index contributed by atoms with van der Waals surface area (Å²) in [4.78, 5) is 0. The molecule has 0 aromatic heterocycles. The van der Waals surface area contributed by atoms with E-state index in [4.69, 9.17) is 8.74 Å². The fourth-order valence-corrected chi connectivity index (χ4v) is 2.12. The van der Waals surface area contributed by atoms with Crippen molar-refractivity contribution in [3.05, 3.63) is 35.4 Å². The van der Waals surface area contributed by atoms with Crippen molar-refractivity contribution in [1.82, 2.24) is 0 Å². The molecular weight excluding hydrogens is 188 g/mol. The highest BCUT2D eigenvalue weighted by atomic mass is 32.2. The van der Waals surface area contributed by atoms with Crippen LogP contribution in [0.25, 0.3) is 0 Å². The van der Waals surface area contributed by atoms with E-state index in [1.54, 1.807) is 0 Å². The molecule has 70 valence electrons. The van der Waals surface area contributed by atoms with Gasteiger partial charge < -0.3 is 0 Å². The van der Waals surface area contributed by atoms with Crippen molar-refractivity contribution in [2.45, 2.75) is 18.9 Å². The topological polar surface area (TPSA) is 46.5 Å². The molecule has 2 rings (SSSR count). The van der Waals surface area contributed by atoms with Gasteiger partial charge in [0.05, 0.1) is 0 Å². The first-order valence-electron chi connectivity index (χ1n) is 4.13. The van der Waals surface area contributed by atoms with Crippen LogP contribution in [-0.4, -0.2) is 8.76 Å². The highest BCUT2D eigenvalue weighted by Crippen LogP contribution is 2.33. The summed E-state index contributed by atoms with van der Waals surface area (Å²) in [5.74, 6) is 0. The van der Waals surface area contributed by atoms with Gasteiger partial charge in [0.1, 0.15) is 6.10 Å². The minimum absolute atomic E-state index is 0.206. The van der Waals surface area contributed by atoms with Gasteiger partial charge in [-0.25, -0.2) is 0 Å². The average Bonchev–Trinajstić information content (AvgIpc) is 2.48. The Kier molecular flexibility index (Phi) is 2.44. The van der Waals surface area contributed by atoms with E-state index in [0.717, 1.165) is 18.4 Å². The predicted molar refractivity (Wildman–Crippen MR) is 49.4 cm³/mol. The largest absolute Gasteiger partial charge is 0.302 e. The zero-order chi connectivity index (χ0) is 9.26. The van der Waals surface area contributed by atoms with Gasteiger partial charge >= 0.3 is 11.4 Å². The van der Waals surface area contributed by atoms with Crippen molar-refractivity contribution in [2.24, 2.45) is 0 Å². The number of rotatable bonds is 2. The quantitative estimate of drug-likeness (QED) is 0.737. The van der Waals surface area contributed by atoms with E-state index in [1.165, 1.54) is 5.56 Å². The normalized spacial score (nSPS) is 22.7. The van der Waals surface area contributed by atoms with Crippen LogP contribution in [0.2, 0.25) is 0 Å². The first-order chi connectivity index (χ1) is 6.27. The standard InChI is InChI=1S/C9H10O3S/c10-13(11)12-9-6-5-7-3-1-2-4-8(7)9/h1-4,9H,5-6H2,(H,10,11). The minimum atomic E-state index is -2.16. The SMILES string of the molecule is O=S(O)OC1CCc2ccccc21. The van der Waals surface area contributed by atoms with Gasteiger partial charge in [0, 0.05) is 0 Å². The molecule has 1 aliphatic rings. The van der Waals surface area contributed by atoms with Crippen LogP contribution in [0.15, 0.2) is 24.3 Å². The van der Waals surface area contributed by atoms with E-state index < -0.39 is 11.4 Å². The van der Waals surface area contributed by atoms with Gasteiger partial charge in [-0.1, -0.05) is 24.3 Å². The van der Waals surface area contributed by atoms with Gasteiger partial charge in [0.15, 0.2) is 0 Å². The van der Waals surface area contributed by atoms with E-state index in [-0.39, 0.29) is 6.10 Å². The Balaban J connectivity index is 2.23. The number of aryl methyl sites for hydroxylation is 1. The molecule has 0 saturated carbocycles. The first-order valence-corrected chi connectivity index (χ1v) is 5.16. The Labute approximate surface area is 79.2 Å². The third-order valence-electron chi connectivity index (χ3n) is 2.28. The molecule has 3 nitrogen and oxygen atoms in total. The molecule has 0 fully saturated rings. The Morgan fingerprint density at radius 3 is 3.00 bits per heavy atom. The van der Waals surface area contributed by atoms with E-state index in [0.29, 0.717) is 0 Å². The molecule has 1 aliphatic carbocycles. The summed E-state index contributed by atoms with van der Waals surface area (Å²) in [5.41, 5.74) is 2.27. The fourth-order valence-electron chi connectivity index (χ4n) is 1.72. The van der Waals surface area contributed by atoms with Crippen LogP contribution in [0.1, 0.15) is 23.7 Å². The molecule has 1 aromatic carbocycles. The van der Waals surface area contributed by atoms with Crippen molar-refractivity contribution in [3.63, 3.8) is 0 Å². The molecule has 1 aromatic rings. The molecule has 2 atom stereocenters. The van der Waals surface area contributed by atoms with Crippen molar-refractivity contribution in [2.75, 3.05) is 0 Å².